The molecule has 1 aromatic rings. The van der Waals surface area contributed by atoms with Gasteiger partial charge in [-0.3, -0.25) is 4.79 Å². The Balaban J connectivity index is 3.15. The number of carbonyl (C=O) groups excluding carboxylic acids is 1. The first-order valence-corrected chi connectivity index (χ1v) is 6.38. The van der Waals surface area contributed by atoms with Gasteiger partial charge in [-0.1, -0.05) is 12.2 Å². The lowest BCUT2D eigenvalue weighted by Gasteiger charge is -2.27. The molecule has 1 heterocycles. The van der Waals surface area contributed by atoms with E-state index in [2.05, 4.69) is 4.98 Å². The molecule has 2 N–H and O–H groups in total. The van der Waals surface area contributed by atoms with Crippen molar-refractivity contribution >= 4 is 29.0 Å². The van der Waals surface area contributed by atoms with Gasteiger partial charge in [-0.2, -0.15) is 0 Å². The maximum atomic E-state index is 11.5. The molecule has 0 saturated heterocycles. The fourth-order valence-electron chi connectivity index (χ4n) is 1.67. The quantitative estimate of drug-likeness (QED) is 0.650. The van der Waals surface area contributed by atoms with Crippen molar-refractivity contribution in [3.63, 3.8) is 0 Å². The number of esters is 1. The molecular formula is C13H19N3O2S. The third-order valence-electron chi connectivity index (χ3n) is 2.67. The molecular weight excluding hydrogens is 262 g/mol. The number of methoxy groups -OCH3 is 1. The molecule has 0 atom stereocenters. The van der Waals surface area contributed by atoms with E-state index in [1.165, 1.54) is 7.11 Å². The standard InChI is InChI=1S/C13H19N3O2S/c1-8(2)16(7-12(17)18-4)11-6-10(13(14)19)5-9(3)15-11/h5-6,8H,7H2,1-4H3,(H2,14,19). The minimum atomic E-state index is -0.311. The lowest BCUT2D eigenvalue weighted by molar-refractivity contribution is -0.139. The molecule has 0 spiro atoms. The molecule has 0 aliphatic carbocycles. The number of ether oxygens (including phenoxy) is 1. The zero-order chi connectivity index (χ0) is 14.6. The summed E-state index contributed by atoms with van der Waals surface area (Å²) in [6, 6.07) is 3.72. The van der Waals surface area contributed by atoms with Crippen molar-refractivity contribution in [1.29, 1.82) is 0 Å². The lowest BCUT2D eigenvalue weighted by Crippen LogP contribution is -2.37. The molecule has 0 saturated carbocycles. The van der Waals surface area contributed by atoms with E-state index in [-0.39, 0.29) is 18.6 Å². The molecule has 5 nitrogen and oxygen atoms in total. The Morgan fingerprint density at radius 3 is 2.63 bits per heavy atom. The zero-order valence-electron chi connectivity index (χ0n) is 11.6. The van der Waals surface area contributed by atoms with E-state index in [0.717, 1.165) is 11.3 Å². The third kappa shape index (κ3) is 4.17. The summed E-state index contributed by atoms with van der Waals surface area (Å²) >= 11 is 4.98. The van der Waals surface area contributed by atoms with Crippen molar-refractivity contribution in [3.8, 4) is 0 Å². The summed E-state index contributed by atoms with van der Waals surface area (Å²) in [5.41, 5.74) is 7.19. The van der Waals surface area contributed by atoms with E-state index in [0.29, 0.717) is 10.8 Å². The SMILES string of the molecule is COC(=O)CN(c1cc(C(N)=S)cc(C)n1)C(C)C. The predicted octanol–water partition coefficient (Wildman–Crippen LogP) is 1.41. The summed E-state index contributed by atoms with van der Waals surface area (Å²) in [7, 11) is 1.37. The van der Waals surface area contributed by atoms with E-state index >= 15 is 0 Å². The van der Waals surface area contributed by atoms with Gasteiger partial charge in [0.15, 0.2) is 0 Å². The van der Waals surface area contributed by atoms with Crippen LogP contribution in [0.25, 0.3) is 0 Å². The van der Waals surface area contributed by atoms with Crippen molar-refractivity contribution in [2.75, 3.05) is 18.6 Å². The highest BCUT2D eigenvalue weighted by atomic mass is 32.1. The van der Waals surface area contributed by atoms with Crippen molar-refractivity contribution < 1.29 is 9.53 Å². The van der Waals surface area contributed by atoms with Gasteiger partial charge in [0, 0.05) is 17.3 Å². The second-order valence-electron chi connectivity index (χ2n) is 4.52. The van der Waals surface area contributed by atoms with Crippen LogP contribution in [0.4, 0.5) is 5.82 Å². The largest absolute Gasteiger partial charge is 0.468 e. The second kappa shape index (κ2) is 6.47. The predicted molar refractivity (Wildman–Crippen MR) is 79.4 cm³/mol. The number of nitrogens with zero attached hydrogens (tertiary/aromatic N) is 2. The fraction of sp³-hybridized carbons (Fsp3) is 0.462. The molecule has 19 heavy (non-hydrogen) atoms. The Morgan fingerprint density at radius 2 is 2.16 bits per heavy atom. The maximum absolute atomic E-state index is 11.5. The summed E-state index contributed by atoms with van der Waals surface area (Å²) in [5, 5.41) is 0. The molecule has 0 aliphatic rings. The van der Waals surface area contributed by atoms with E-state index in [9.17, 15) is 4.79 Å². The Kier molecular flexibility index (Phi) is 5.23. The highest BCUT2D eigenvalue weighted by Crippen LogP contribution is 2.17. The highest BCUT2D eigenvalue weighted by molar-refractivity contribution is 7.80. The molecule has 0 aromatic carbocycles. The molecule has 0 amide bonds. The molecule has 1 rings (SSSR count). The number of aryl methyl sites for hydroxylation is 1. The van der Waals surface area contributed by atoms with Gasteiger partial charge >= 0.3 is 5.97 Å². The summed E-state index contributed by atoms with van der Waals surface area (Å²) in [6.07, 6.45) is 0. The molecule has 0 aliphatic heterocycles. The average Bonchev–Trinajstić information content (AvgIpc) is 2.34. The van der Waals surface area contributed by atoms with Crippen LogP contribution in [0.3, 0.4) is 0 Å². The topological polar surface area (TPSA) is 68.5 Å². The number of nitrogens with two attached hydrogens (primary N) is 1. The van der Waals surface area contributed by atoms with Gasteiger partial charge in [-0.15, -0.1) is 0 Å². The minimum absolute atomic E-state index is 0.104. The van der Waals surface area contributed by atoms with Gasteiger partial charge in [-0.05, 0) is 32.9 Å². The van der Waals surface area contributed by atoms with Gasteiger partial charge in [0.1, 0.15) is 17.4 Å². The van der Waals surface area contributed by atoms with Crippen LogP contribution in [-0.2, 0) is 9.53 Å². The van der Waals surface area contributed by atoms with Crippen LogP contribution < -0.4 is 10.6 Å². The molecule has 0 bridgehead atoms. The number of thiocarbonyl (C=S) groups is 1. The lowest BCUT2D eigenvalue weighted by atomic mass is 10.2. The van der Waals surface area contributed by atoms with Crippen LogP contribution in [0.1, 0.15) is 25.1 Å². The molecule has 1 aromatic heterocycles. The number of rotatable bonds is 5. The highest BCUT2D eigenvalue weighted by Gasteiger charge is 2.17. The van der Waals surface area contributed by atoms with Crippen LogP contribution in [-0.4, -0.2) is 35.6 Å². The van der Waals surface area contributed by atoms with E-state index in [1.807, 2.05) is 31.7 Å². The average molecular weight is 281 g/mol. The Labute approximate surface area is 118 Å². The van der Waals surface area contributed by atoms with Crippen molar-refractivity contribution in [3.05, 3.63) is 23.4 Å². The van der Waals surface area contributed by atoms with Crippen LogP contribution in [0.5, 0.6) is 0 Å². The molecule has 6 heteroatoms. The third-order valence-corrected chi connectivity index (χ3v) is 2.90. The Morgan fingerprint density at radius 1 is 1.53 bits per heavy atom. The maximum Gasteiger partial charge on any atom is 0.325 e. The number of pyridine rings is 1. The zero-order valence-corrected chi connectivity index (χ0v) is 12.5. The van der Waals surface area contributed by atoms with E-state index < -0.39 is 0 Å². The van der Waals surface area contributed by atoms with Gasteiger partial charge in [0.2, 0.25) is 0 Å². The Bertz CT molecular complexity index is 489. The minimum Gasteiger partial charge on any atom is -0.468 e. The summed E-state index contributed by atoms with van der Waals surface area (Å²) in [5.74, 6) is 0.358. The first-order chi connectivity index (χ1) is 8.85. The fourth-order valence-corrected chi connectivity index (χ4v) is 1.79. The first-order valence-electron chi connectivity index (χ1n) is 5.97. The smallest absolute Gasteiger partial charge is 0.325 e. The summed E-state index contributed by atoms with van der Waals surface area (Å²) in [6.45, 7) is 5.96. The molecule has 0 unspecified atom stereocenters. The van der Waals surface area contributed by atoms with Gasteiger partial charge in [0.25, 0.3) is 0 Å². The van der Waals surface area contributed by atoms with Crippen molar-refractivity contribution in [2.24, 2.45) is 5.73 Å². The van der Waals surface area contributed by atoms with Gasteiger partial charge < -0.3 is 15.4 Å². The first kappa shape index (κ1) is 15.4. The normalized spacial score (nSPS) is 10.4. The number of hydrogen-bond acceptors (Lipinski definition) is 5. The van der Waals surface area contributed by atoms with E-state index in [4.69, 9.17) is 22.7 Å². The van der Waals surface area contributed by atoms with Gasteiger partial charge in [0.05, 0.1) is 7.11 Å². The van der Waals surface area contributed by atoms with Crippen molar-refractivity contribution in [1.82, 2.24) is 4.98 Å². The van der Waals surface area contributed by atoms with Crippen LogP contribution in [0.15, 0.2) is 12.1 Å². The molecule has 104 valence electrons. The monoisotopic (exact) mass is 281 g/mol. The second-order valence-corrected chi connectivity index (χ2v) is 4.96. The molecule has 0 fully saturated rings. The number of anilines is 1. The van der Waals surface area contributed by atoms with Crippen LogP contribution in [0, 0.1) is 6.92 Å². The Hall–Kier alpha value is -1.69. The molecule has 0 radical (unpaired) electrons. The number of hydrogen-bond donors (Lipinski definition) is 1. The number of aromatic nitrogens is 1. The van der Waals surface area contributed by atoms with Crippen LogP contribution in [0.2, 0.25) is 0 Å². The number of carbonyl (C=O) groups is 1. The van der Waals surface area contributed by atoms with Gasteiger partial charge in [-0.25, -0.2) is 4.98 Å². The summed E-state index contributed by atoms with van der Waals surface area (Å²) < 4.78 is 4.70. The van der Waals surface area contributed by atoms with Crippen molar-refractivity contribution in [2.45, 2.75) is 26.8 Å². The van der Waals surface area contributed by atoms with Crippen LogP contribution >= 0.6 is 12.2 Å². The van der Waals surface area contributed by atoms with E-state index in [1.54, 1.807) is 6.07 Å². The summed E-state index contributed by atoms with van der Waals surface area (Å²) in [4.78, 5) is 18.1.